The van der Waals surface area contributed by atoms with Gasteiger partial charge in [0.05, 0.1) is 16.9 Å². The van der Waals surface area contributed by atoms with E-state index in [0.29, 0.717) is 21.4 Å². The van der Waals surface area contributed by atoms with Crippen molar-refractivity contribution in [2.75, 3.05) is 0 Å². The van der Waals surface area contributed by atoms with Gasteiger partial charge >= 0.3 is 0 Å². The molecule has 1 aromatic heterocycles. The number of carbonyl (C=O) groups excluding carboxylic acids is 2. The Labute approximate surface area is 164 Å². The third kappa shape index (κ3) is 3.70. The number of furan rings is 1. The molecule has 26 heavy (non-hydrogen) atoms. The van der Waals surface area contributed by atoms with Crippen molar-refractivity contribution in [1.29, 1.82) is 0 Å². The zero-order valence-electron chi connectivity index (χ0n) is 13.6. The monoisotopic (exact) mass is 406 g/mol. The van der Waals surface area contributed by atoms with Crippen molar-refractivity contribution in [1.82, 2.24) is 4.90 Å². The summed E-state index contributed by atoms with van der Waals surface area (Å²) in [6.07, 6.45) is 1.76. The highest BCUT2D eigenvalue weighted by molar-refractivity contribution is 8.26. The lowest BCUT2D eigenvalue weighted by atomic mass is 10.2. The Kier molecular flexibility index (Phi) is 5.50. The molecule has 1 aromatic carbocycles. The highest BCUT2D eigenvalue weighted by Crippen LogP contribution is 2.35. The van der Waals surface area contributed by atoms with Crippen LogP contribution in [0.5, 0.6) is 0 Å². The van der Waals surface area contributed by atoms with Gasteiger partial charge in [0.15, 0.2) is 0 Å². The number of rotatable bonds is 5. The van der Waals surface area contributed by atoms with Crippen molar-refractivity contribution in [2.24, 2.45) is 0 Å². The first-order valence-electron chi connectivity index (χ1n) is 7.74. The Balaban J connectivity index is 1.86. The van der Waals surface area contributed by atoms with E-state index in [2.05, 4.69) is 0 Å². The van der Waals surface area contributed by atoms with Gasteiger partial charge in [-0.2, -0.15) is 0 Å². The summed E-state index contributed by atoms with van der Waals surface area (Å²) < 4.78 is 5.94. The fraction of sp³-hybridized carbons (Fsp3) is 0.167. The van der Waals surface area contributed by atoms with E-state index in [1.807, 2.05) is 12.1 Å². The normalized spacial score (nSPS) is 17.2. The minimum absolute atomic E-state index is 0.193. The van der Waals surface area contributed by atoms with Crippen molar-refractivity contribution in [3.8, 4) is 11.3 Å². The van der Waals surface area contributed by atoms with Gasteiger partial charge in [-0.25, -0.2) is 0 Å². The minimum atomic E-state index is -1.33. The molecule has 0 N–H and O–H groups in total. The lowest BCUT2D eigenvalue weighted by Crippen LogP contribution is -2.49. The molecule has 0 bridgehead atoms. The van der Waals surface area contributed by atoms with Crippen LogP contribution in [-0.4, -0.2) is 27.1 Å². The number of nitrogens with zero attached hydrogens (tertiary/aromatic N) is 1. The Morgan fingerprint density at radius 3 is 2.85 bits per heavy atom. The van der Waals surface area contributed by atoms with Gasteiger partial charge in [-0.3, -0.25) is 9.69 Å². The summed E-state index contributed by atoms with van der Waals surface area (Å²) in [6, 6.07) is 9.63. The van der Waals surface area contributed by atoms with Crippen molar-refractivity contribution >= 4 is 57.9 Å². The van der Waals surface area contributed by atoms with Crippen molar-refractivity contribution < 1.29 is 19.1 Å². The lowest BCUT2D eigenvalue weighted by Gasteiger charge is -2.26. The zero-order chi connectivity index (χ0) is 18.8. The Hall–Kier alpha value is -2.09. The standard InChI is InChI=1S/C18H14ClNO4S2/c1-2-13(17(22)23)20-16(21)15(26-18(20)25)9-12-6-7-14(24-12)10-4-3-5-11(19)8-10/h3-9,13H,2H2,1H3,(H,22,23)/p-1/t13-/m0/s1. The van der Waals surface area contributed by atoms with Gasteiger partial charge in [0.2, 0.25) is 0 Å². The smallest absolute Gasteiger partial charge is 0.266 e. The van der Waals surface area contributed by atoms with Crippen LogP contribution in [-0.2, 0) is 9.59 Å². The molecule has 1 amide bonds. The summed E-state index contributed by atoms with van der Waals surface area (Å²) in [5.74, 6) is -0.722. The molecule has 0 spiro atoms. The summed E-state index contributed by atoms with van der Waals surface area (Å²) in [5, 5.41) is 11.8. The number of aliphatic carboxylic acids is 1. The average molecular weight is 407 g/mol. The topological polar surface area (TPSA) is 73.6 Å². The predicted octanol–water partition coefficient (Wildman–Crippen LogP) is 3.33. The maximum absolute atomic E-state index is 12.5. The molecular weight excluding hydrogens is 394 g/mol. The summed E-state index contributed by atoms with van der Waals surface area (Å²) in [7, 11) is 0. The number of thioether (sulfide) groups is 1. The molecule has 0 saturated carbocycles. The fourth-order valence-corrected chi connectivity index (χ4v) is 4.09. The second kappa shape index (κ2) is 7.65. The van der Waals surface area contributed by atoms with Gasteiger partial charge in [0.1, 0.15) is 15.8 Å². The van der Waals surface area contributed by atoms with Crippen LogP contribution in [0, 0.1) is 0 Å². The Bertz CT molecular complexity index is 921. The molecular formula is C18H13ClNO4S2-. The van der Waals surface area contributed by atoms with Crippen LogP contribution in [0.4, 0.5) is 0 Å². The predicted molar refractivity (Wildman–Crippen MR) is 103 cm³/mol. The first-order valence-corrected chi connectivity index (χ1v) is 9.34. The lowest BCUT2D eigenvalue weighted by molar-refractivity contribution is -0.310. The van der Waals surface area contributed by atoms with E-state index in [1.54, 1.807) is 37.3 Å². The largest absolute Gasteiger partial charge is 0.548 e. The molecule has 0 radical (unpaired) electrons. The number of hydrogen-bond donors (Lipinski definition) is 0. The molecule has 3 rings (SSSR count). The zero-order valence-corrected chi connectivity index (χ0v) is 16.0. The van der Waals surface area contributed by atoms with Gasteiger partial charge < -0.3 is 14.3 Å². The maximum Gasteiger partial charge on any atom is 0.266 e. The Morgan fingerprint density at radius 1 is 1.42 bits per heavy atom. The van der Waals surface area contributed by atoms with Crippen LogP contribution in [0.2, 0.25) is 5.02 Å². The van der Waals surface area contributed by atoms with Gasteiger partial charge in [-0.05, 0) is 30.7 Å². The molecule has 1 atom stereocenters. The molecule has 1 aliphatic rings. The molecule has 1 aliphatic heterocycles. The van der Waals surface area contributed by atoms with Crippen LogP contribution in [0.1, 0.15) is 19.1 Å². The molecule has 134 valence electrons. The molecule has 1 saturated heterocycles. The van der Waals surface area contributed by atoms with Gasteiger partial charge in [0, 0.05) is 16.7 Å². The summed E-state index contributed by atoms with van der Waals surface area (Å²) in [6.45, 7) is 1.66. The summed E-state index contributed by atoms with van der Waals surface area (Å²) in [4.78, 5) is 25.2. The highest BCUT2D eigenvalue weighted by Gasteiger charge is 2.37. The van der Waals surface area contributed by atoms with Gasteiger partial charge in [-0.1, -0.05) is 54.6 Å². The molecule has 0 aliphatic carbocycles. The number of amides is 1. The first-order chi connectivity index (χ1) is 12.4. The van der Waals surface area contributed by atoms with E-state index in [1.165, 1.54) is 0 Å². The molecule has 5 nitrogen and oxygen atoms in total. The molecule has 8 heteroatoms. The van der Waals surface area contributed by atoms with E-state index in [9.17, 15) is 14.7 Å². The number of carboxylic acids is 1. The van der Waals surface area contributed by atoms with Crippen LogP contribution in [0.3, 0.4) is 0 Å². The quantitative estimate of drug-likeness (QED) is 0.560. The number of carboxylic acid groups (broad SMARTS) is 1. The number of halogens is 1. The van der Waals surface area contributed by atoms with Gasteiger partial charge in [-0.15, -0.1) is 0 Å². The second-order valence-corrected chi connectivity index (χ2v) is 7.62. The van der Waals surface area contributed by atoms with Crippen molar-refractivity contribution in [3.05, 3.63) is 52.1 Å². The number of benzene rings is 1. The molecule has 0 unspecified atom stereocenters. The van der Waals surface area contributed by atoms with E-state index in [-0.39, 0.29) is 10.7 Å². The van der Waals surface area contributed by atoms with Crippen LogP contribution in [0.15, 0.2) is 45.7 Å². The fourth-order valence-electron chi connectivity index (χ4n) is 2.56. The van der Waals surface area contributed by atoms with Crippen LogP contribution in [0.25, 0.3) is 17.4 Å². The minimum Gasteiger partial charge on any atom is -0.548 e. The summed E-state index contributed by atoms with van der Waals surface area (Å²) >= 11 is 12.2. The molecule has 2 heterocycles. The van der Waals surface area contributed by atoms with E-state index in [0.717, 1.165) is 22.2 Å². The van der Waals surface area contributed by atoms with E-state index in [4.69, 9.17) is 28.2 Å². The summed E-state index contributed by atoms with van der Waals surface area (Å²) in [5.41, 5.74) is 0.813. The average Bonchev–Trinajstić information content (AvgIpc) is 3.16. The van der Waals surface area contributed by atoms with Crippen LogP contribution < -0.4 is 5.11 Å². The highest BCUT2D eigenvalue weighted by atomic mass is 35.5. The van der Waals surface area contributed by atoms with Crippen molar-refractivity contribution in [3.63, 3.8) is 0 Å². The van der Waals surface area contributed by atoms with Crippen LogP contribution >= 0.6 is 35.6 Å². The second-order valence-electron chi connectivity index (χ2n) is 5.51. The molecule has 2 aromatic rings. The SMILES string of the molecule is CC[C@@H](C(=O)[O-])N1C(=O)C(=Cc2ccc(-c3cccc(Cl)c3)o2)SC1=S. The van der Waals surface area contributed by atoms with Crippen molar-refractivity contribution in [2.45, 2.75) is 19.4 Å². The number of thiocarbonyl (C=S) groups is 1. The molecule has 1 fully saturated rings. The van der Waals surface area contributed by atoms with Gasteiger partial charge in [0.25, 0.3) is 5.91 Å². The first kappa shape index (κ1) is 18.7. The third-order valence-electron chi connectivity index (χ3n) is 3.80. The van der Waals surface area contributed by atoms with E-state index >= 15 is 0 Å². The number of carbonyl (C=O) groups is 2. The maximum atomic E-state index is 12.5. The number of hydrogen-bond acceptors (Lipinski definition) is 6. The Morgan fingerprint density at radius 2 is 2.19 bits per heavy atom. The van der Waals surface area contributed by atoms with E-state index < -0.39 is 17.9 Å². The third-order valence-corrected chi connectivity index (χ3v) is 5.37.